The molecule has 1 amide bonds. The Kier molecular flexibility index (Phi) is 4.92. The van der Waals surface area contributed by atoms with E-state index in [2.05, 4.69) is 10.00 Å². The van der Waals surface area contributed by atoms with Crippen LogP contribution in [0.25, 0.3) is 0 Å². The highest BCUT2D eigenvalue weighted by Crippen LogP contribution is 2.53. The quantitative estimate of drug-likeness (QED) is 0.760. The lowest BCUT2D eigenvalue weighted by atomic mass is 9.70. The fraction of sp³-hybridized carbons (Fsp3) is 0.583. The SMILES string of the molecule is CN(C)C(=O)C(CN1C2CCC1CC1(CCc3ccc(F)cc31)C2)Cn1cccn1. The molecule has 3 atom stereocenters. The molecule has 1 aliphatic carbocycles. The topological polar surface area (TPSA) is 41.4 Å². The van der Waals surface area contributed by atoms with Gasteiger partial charge in [0.25, 0.3) is 0 Å². The minimum atomic E-state index is -0.110. The predicted octanol–water partition coefficient (Wildman–Crippen LogP) is 3.24. The molecular weight excluding hydrogens is 379 g/mol. The van der Waals surface area contributed by atoms with E-state index in [4.69, 9.17) is 0 Å². The van der Waals surface area contributed by atoms with Crippen molar-refractivity contribution >= 4 is 5.91 Å². The van der Waals surface area contributed by atoms with Crippen LogP contribution in [0.4, 0.5) is 4.39 Å². The Morgan fingerprint density at radius 2 is 2.03 bits per heavy atom. The van der Waals surface area contributed by atoms with E-state index in [-0.39, 0.29) is 23.1 Å². The lowest BCUT2D eigenvalue weighted by molar-refractivity contribution is -0.134. The molecule has 2 aromatic rings. The zero-order valence-corrected chi connectivity index (χ0v) is 17.9. The van der Waals surface area contributed by atoms with Gasteiger partial charge in [0.05, 0.1) is 12.5 Å². The molecule has 3 unspecified atom stereocenters. The number of aryl methyl sites for hydroxylation is 1. The molecule has 0 saturated carbocycles. The van der Waals surface area contributed by atoms with E-state index in [1.54, 1.807) is 23.2 Å². The Morgan fingerprint density at radius 3 is 2.70 bits per heavy atom. The largest absolute Gasteiger partial charge is 0.348 e. The average molecular weight is 411 g/mol. The molecule has 2 aliphatic heterocycles. The molecule has 160 valence electrons. The van der Waals surface area contributed by atoms with E-state index in [1.165, 1.54) is 24.0 Å². The second-order valence-electron chi connectivity index (χ2n) is 9.73. The van der Waals surface area contributed by atoms with Gasteiger partial charge in [0.15, 0.2) is 0 Å². The molecule has 3 heterocycles. The third-order valence-corrected chi connectivity index (χ3v) is 7.73. The first-order chi connectivity index (χ1) is 14.4. The molecular formula is C24H31FN4O. The van der Waals surface area contributed by atoms with E-state index in [9.17, 15) is 9.18 Å². The van der Waals surface area contributed by atoms with Crippen LogP contribution in [0.2, 0.25) is 0 Å². The molecule has 2 fully saturated rings. The van der Waals surface area contributed by atoms with E-state index < -0.39 is 0 Å². The Morgan fingerprint density at radius 1 is 1.27 bits per heavy atom. The monoisotopic (exact) mass is 410 g/mol. The molecule has 5 nitrogen and oxygen atoms in total. The number of halogens is 1. The van der Waals surface area contributed by atoms with Gasteiger partial charge in [-0.3, -0.25) is 14.4 Å². The van der Waals surface area contributed by atoms with Crippen molar-refractivity contribution in [1.29, 1.82) is 0 Å². The highest BCUT2D eigenvalue weighted by atomic mass is 19.1. The average Bonchev–Trinajstić information content (AvgIpc) is 3.40. The van der Waals surface area contributed by atoms with Crippen LogP contribution in [0.15, 0.2) is 36.7 Å². The van der Waals surface area contributed by atoms with Crippen LogP contribution in [0.1, 0.15) is 43.2 Å². The first-order valence-electron chi connectivity index (χ1n) is 11.2. The molecule has 1 spiro atoms. The predicted molar refractivity (Wildman–Crippen MR) is 114 cm³/mol. The van der Waals surface area contributed by atoms with Gasteiger partial charge in [-0.2, -0.15) is 5.10 Å². The smallest absolute Gasteiger partial charge is 0.228 e. The first-order valence-corrected chi connectivity index (χ1v) is 11.2. The second-order valence-corrected chi connectivity index (χ2v) is 9.73. The number of amides is 1. The van der Waals surface area contributed by atoms with Crippen LogP contribution >= 0.6 is 0 Å². The zero-order valence-electron chi connectivity index (χ0n) is 17.9. The molecule has 1 aromatic carbocycles. The lowest BCUT2D eigenvalue weighted by Gasteiger charge is -2.46. The highest BCUT2D eigenvalue weighted by Gasteiger charge is 2.51. The normalized spacial score (nSPS) is 28.6. The summed E-state index contributed by atoms with van der Waals surface area (Å²) in [6.45, 7) is 1.39. The molecule has 0 N–H and O–H groups in total. The van der Waals surface area contributed by atoms with Gasteiger partial charge in [0.2, 0.25) is 5.91 Å². The standard InChI is InChI=1S/C24H31FN4O/c1-27(2)23(30)18(15-28-11-3-10-26-28)16-29-20-6-7-21(29)14-24(13-20)9-8-17-4-5-19(25)12-22(17)24/h3-5,10-12,18,20-21H,6-9,13-16H2,1-2H3. The summed E-state index contributed by atoms with van der Waals surface area (Å²) in [5.74, 6) is -0.0514. The number of hydrogen-bond acceptors (Lipinski definition) is 3. The van der Waals surface area contributed by atoms with Crippen molar-refractivity contribution in [1.82, 2.24) is 19.6 Å². The first kappa shape index (κ1) is 19.7. The summed E-state index contributed by atoms with van der Waals surface area (Å²) < 4.78 is 15.9. The van der Waals surface area contributed by atoms with Gasteiger partial charge in [-0.05, 0) is 73.3 Å². The molecule has 2 saturated heterocycles. The molecule has 3 aliphatic rings. The Balaban J connectivity index is 1.36. The van der Waals surface area contributed by atoms with E-state index >= 15 is 0 Å². The number of rotatable bonds is 5. The summed E-state index contributed by atoms with van der Waals surface area (Å²) in [6, 6.07) is 8.26. The van der Waals surface area contributed by atoms with Gasteiger partial charge in [-0.1, -0.05) is 6.07 Å². The summed E-state index contributed by atoms with van der Waals surface area (Å²) in [7, 11) is 3.67. The molecule has 1 aromatic heterocycles. The van der Waals surface area contributed by atoms with Gasteiger partial charge >= 0.3 is 0 Å². The van der Waals surface area contributed by atoms with Crippen molar-refractivity contribution in [3.63, 3.8) is 0 Å². The van der Waals surface area contributed by atoms with Crippen LogP contribution in [0.5, 0.6) is 0 Å². The molecule has 30 heavy (non-hydrogen) atoms. The minimum Gasteiger partial charge on any atom is -0.348 e. The number of nitrogens with zero attached hydrogens (tertiary/aromatic N) is 4. The number of carbonyl (C=O) groups is 1. The molecule has 5 rings (SSSR count). The van der Waals surface area contributed by atoms with Crippen LogP contribution in [0, 0.1) is 11.7 Å². The minimum absolute atomic E-state index is 0.106. The van der Waals surface area contributed by atoms with Gasteiger partial charge in [-0.15, -0.1) is 0 Å². The summed E-state index contributed by atoms with van der Waals surface area (Å²) in [5, 5.41) is 4.33. The summed E-state index contributed by atoms with van der Waals surface area (Å²) in [4.78, 5) is 17.2. The molecule has 0 radical (unpaired) electrons. The summed E-state index contributed by atoms with van der Waals surface area (Å²) in [5.41, 5.74) is 2.73. The second kappa shape index (κ2) is 7.49. The molecule has 2 bridgehead atoms. The fourth-order valence-corrected chi connectivity index (χ4v) is 6.40. The maximum Gasteiger partial charge on any atom is 0.228 e. The maximum absolute atomic E-state index is 14.0. The van der Waals surface area contributed by atoms with Crippen LogP contribution < -0.4 is 0 Å². The van der Waals surface area contributed by atoms with Crippen molar-refractivity contribution in [2.24, 2.45) is 5.92 Å². The number of hydrogen-bond donors (Lipinski definition) is 0. The molecule has 6 heteroatoms. The van der Waals surface area contributed by atoms with Gasteiger partial charge in [0.1, 0.15) is 5.82 Å². The highest BCUT2D eigenvalue weighted by molar-refractivity contribution is 5.78. The fourth-order valence-electron chi connectivity index (χ4n) is 6.40. The summed E-state index contributed by atoms with van der Waals surface area (Å²) >= 11 is 0. The van der Waals surface area contributed by atoms with Gasteiger partial charge in [0, 0.05) is 45.1 Å². The van der Waals surface area contributed by atoms with Gasteiger partial charge < -0.3 is 4.90 Å². The van der Waals surface area contributed by atoms with Crippen molar-refractivity contribution in [3.05, 3.63) is 53.6 Å². The Bertz CT molecular complexity index is 911. The number of piperidine rings is 1. The third-order valence-electron chi connectivity index (χ3n) is 7.73. The van der Waals surface area contributed by atoms with Crippen molar-refractivity contribution in [3.8, 4) is 0 Å². The van der Waals surface area contributed by atoms with Gasteiger partial charge in [-0.25, -0.2) is 4.39 Å². The zero-order chi connectivity index (χ0) is 20.9. The van der Waals surface area contributed by atoms with Crippen LogP contribution in [-0.4, -0.2) is 58.2 Å². The third kappa shape index (κ3) is 3.35. The number of fused-ring (bicyclic) bond motifs is 4. The lowest BCUT2D eigenvalue weighted by Crippen LogP contribution is -2.52. The van der Waals surface area contributed by atoms with Crippen molar-refractivity contribution in [2.45, 2.75) is 62.6 Å². The van der Waals surface area contributed by atoms with Crippen molar-refractivity contribution in [2.75, 3.05) is 20.6 Å². The van der Waals surface area contributed by atoms with E-state index in [0.29, 0.717) is 18.6 Å². The number of aromatic nitrogens is 2. The van der Waals surface area contributed by atoms with Crippen molar-refractivity contribution < 1.29 is 9.18 Å². The maximum atomic E-state index is 14.0. The summed E-state index contributed by atoms with van der Waals surface area (Å²) in [6.07, 6.45) is 10.4. The van der Waals surface area contributed by atoms with E-state index in [0.717, 1.165) is 32.2 Å². The Hall–Kier alpha value is -2.21. The van der Waals surface area contributed by atoms with Crippen LogP contribution in [-0.2, 0) is 23.2 Å². The van der Waals surface area contributed by atoms with Crippen LogP contribution in [0.3, 0.4) is 0 Å². The Labute approximate surface area is 177 Å². The number of benzene rings is 1. The number of carbonyl (C=O) groups excluding carboxylic acids is 1. The van der Waals surface area contributed by atoms with E-state index in [1.807, 2.05) is 37.1 Å².